The van der Waals surface area contributed by atoms with E-state index in [0.717, 1.165) is 36.4 Å². The van der Waals surface area contributed by atoms with Crippen molar-refractivity contribution in [3.05, 3.63) is 47.2 Å². The molecule has 1 saturated heterocycles. The highest BCUT2D eigenvalue weighted by atomic mass is 35.5. The summed E-state index contributed by atoms with van der Waals surface area (Å²) in [5.74, 6) is 0.203. The monoisotopic (exact) mass is 364 g/mol. The molecule has 2 aromatic heterocycles. The summed E-state index contributed by atoms with van der Waals surface area (Å²) < 4.78 is 27.1. The summed E-state index contributed by atoms with van der Waals surface area (Å²) in [6.45, 7) is 3.06. The number of fused-ring (bicyclic) bond motifs is 1. The fourth-order valence-corrected chi connectivity index (χ4v) is 3.15. The molecule has 9 heteroatoms. The fraction of sp³-hybridized carbons (Fsp3) is 0.312. The Balaban J connectivity index is 1.52. The van der Waals surface area contributed by atoms with Gasteiger partial charge in [0.25, 0.3) is 6.43 Å². The van der Waals surface area contributed by atoms with Gasteiger partial charge in [-0.1, -0.05) is 17.7 Å². The van der Waals surface area contributed by atoms with Crippen molar-refractivity contribution in [2.45, 2.75) is 6.43 Å². The van der Waals surface area contributed by atoms with Gasteiger partial charge < -0.3 is 9.80 Å². The van der Waals surface area contributed by atoms with E-state index in [4.69, 9.17) is 11.6 Å². The summed E-state index contributed by atoms with van der Waals surface area (Å²) >= 11 is 6.05. The summed E-state index contributed by atoms with van der Waals surface area (Å²) in [5, 5.41) is 12.2. The first-order valence-electron chi connectivity index (χ1n) is 7.88. The van der Waals surface area contributed by atoms with E-state index in [9.17, 15) is 8.78 Å². The van der Waals surface area contributed by atoms with Gasteiger partial charge in [0.2, 0.25) is 5.82 Å². The molecule has 0 amide bonds. The van der Waals surface area contributed by atoms with E-state index in [1.165, 1.54) is 0 Å². The zero-order valence-electron chi connectivity index (χ0n) is 13.2. The Labute approximate surface area is 147 Å². The maximum Gasteiger partial charge on any atom is 0.299 e. The van der Waals surface area contributed by atoms with Crippen molar-refractivity contribution in [2.24, 2.45) is 0 Å². The molecule has 0 spiro atoms. The average molecular weight is 365 g/mol. The van der Waals surface area contributed by atoms with Gasteiger partial charge in [0.15, 0.2) is 5.65 Å². The van der Waals surface area contributed by atoms with Crippen LogP contribution in [-0.2, 0) is 0 Å². The normalized spacial score (nSPS) is 15.4. The summed E-state index contributed by atoms with van der Waals surface area (Å²) in [5.41, 5.74) is 1.39. The number of anilines is 2. The highest BCUT2D eigenvalue weighted by Gasteiger charge is 2.21. The number of hydrogen-bond donors (Lipinski definition) is 0. The topological polar surface area (TPSA) is 49.6 Å². The number of piperazine rings is 1. The Bertz CT molecular complexity index is 891. The van der Waals surface area contributed by atoms with E-state index < -0.39 is 12.2 Å². The molecule has 3 aromatic rings. The van der Waals surface area contributed by atoms with E-state index in [-0.39, 0.29) is 0 Å². The zero-order chi connectivity index (χ0) is 17.4. The molecule has 1 fully saturated rings. The molecule has 0 N–H and O–H groups in total. The van der Waals surface area contributed by atoms with Gasteiger partial charge in [0.05, 0.1) is 0 Å². The molecule has 0 radical (unpaired) electrons. The van der Waals surface area contributed by atoms with Crippen molar-refractivity contribution in [3.63, 3.8) is 0 Å². The Morgan fingerprint density at radius 1 is 0.960 bits per heavy atom. The van der Waals surface area contributed by atoms with Crippen molar-refractivity contribution in [2.75, 3.05) is 36.0 Å². The molecule has 130 valence electrons. The molecule has 3 heterocycles. The minimum absolute atomic E-state index is 0.316. The predicted molar refractivity (Wildman–Crippen MR) is 91.6 cm³/mol. The molecule has 0 atom stereocenters. The number of halogens is 3. The summed E-state index contributed by atoms with van der Waals surface area (Å²) in [6, 6.07) is 11.2. The van der Waals surface area contributed by atoms with Crippen molar-refractivity contribution in [1.29, 1.82) is 0 Å². The van der Waals surface area contributed by atoms with Crippen LogP contribution in [0.5, 0.6) is 0 Å². The molecular weight excluding hydrogens is 350 g/mol. The van der Waals surface area contributed by atoms with Crippen LogP contribution in [0.3, 0.4) is 0 Å². The summed E-state index contributed by atoms with van der Waals surface area (Å²) in [4.78, 5) is 4.31. The zero-order valence-corrected chi connectivity index (χ0v) is 13.9. The number of aromatic nitrogens is 4. The van der Waals surface area contributed by atoms with Crippen LogP contribution in [0.4, 0.5) is 20.3 Å². The molecule has 0 unspecified atom stereocenters. The van der Waals surface area contributed by atoms with Crippen LogP contribution in [0.1, 0.15) is 12.2 Å². The number of hydrogen-bond acceptors (Lipinski definition) is 5. The lowest BCUT2D eigenvalue weighted by atomic mass is 10.2. The molecule has 0 aliphatic carbocycles. The lowest BCUT2D eigenvalue weighted by Gasteiger charge is -2.36. The highest BCUT2D eigenvalue weighted by Crippen LogP contribution is 2.23. The Morgan fingerprint density at radius 3 is 2.44 bits per heavy atom. The number of nitrogens with zero attached hydrogens (tertiary/aromatic N) is 6. The van der Waals surface area contributed by atoms with E-state index in [1.807, 2.05) is 24.3 Å². The molecule has 4 rings (SSSR count). The smallest absolute Gasteiger partial charge is 0.299 e. The van der Waals surface area contributed by atoms with Gasteiger partial charge in [0, 0.05) is 36.9 Å². The Kier molecular flexibility index (Phi) is 4.12. The van der Waals surface area contributed by atoms with Crippen LogP contribution in [0.15, 0.2) is 36.4 Å². The van der Waals surface area contributed by atoms with E-state index >= 15 is 0 Å². The Hall–Kier alpha value is -2.48. The quantitative estimate of drug-likeness (QED) is 0.715. The third-order valence-corrected chi connectivity index (χ3v) is 4.48. The van der Waals surface area contributed by atoms with Gasteiger partial charge in [-0.2, -0.15) is 4.52 Å². The number of benzene rings is 1. The van der Waals surface area contributed by atoms with Crippen molar-refractivity contribution in [1.82, 2.24) is 19.8 Å². The molecule has 0 bridgehead atoms. The lowest BCUT2D eigenvalue weighted by Crippen LogP contribution is -2.47. The van der Waals surface area contributed by atoms with Gasteiger partial charge in [-0.3, -0.25) is 0 Å². The molecule has 1 aliphatic heterocycles. The maximum absolute atomic E-state index is 13.0. The van der Waals surface area contributed by atoms with Gasteiger partial charge >= 0.3 is 0 Å². The number of alkyl halides is 2. The maximum atomic E-state index is 13.0. The predicted octanol–water partition coefficient (Wildman–Crippen LogP) is 3.04. The average Bonchev–Trinajstić information content (AvgIpc) is 3.05. The first-order valence-corrected chi connectivity index (χ1v) is 8.25. The van der Waals surface area contributed by atoms with Crippen molar-refractivity contribution in [3.8, 4) is 0 Å². The summed E-state index contributed by atoms with van der Waals surface area (Å²) in [7, 11) is 0. The lowest BCUT2D eigenvalue weighted by molar-refractivity contribution is 0.137. The highest BCUT2D eigenvalue weighted by molar-refractivity contribution is 6.30. The minimum Gasteiger partial charge on any atom is -0.368 e. The number of rotatable bonds is 3. The first kappa shape index (κ1) is 16.0. The molecule has 1 aromatic carbocycles. The Morgan fingerprint density at radius 2 is 1.72 bits per heavy atom. The standard InChI is InChI=1S/C16H15ClF2N6/c17-11-2-1-3-12(10-11)23-6-8-24(9-7-23)14-5-4-13-20-21-16(15(18)19)25(13)22-14/h1-5,10,15H,6-9H2. The summed E-state index contributed by atoms with van der Waals surface area (Å²) in [6.07, 6.45) is -2.71. The van der Waals surface area contributed by atoms with Crippen LogP contribution in [0, 0.1) is 0 Å². The largest absolute Gasteiger partial charge is 0.368 e. The molecule has 6 nitrogen and oxygen atoms in total. The van der Waals surface area contributed by atoms with Crippen molar-refractivity contribution < 1.29 is 8.78 Å². The van der Waals surface area contributed by atoms with Crippen LogP contribution in [0.2, 0.25) is 5.02 Å². The second-order valence-corrected chi connectivity index (χ2v) is 6.21. The van der Waals surface area contributed by atoms with Gasteiger partial charge in [-0.15, -0.1) is 15.3 Å². The van der Waals surface area contributed by atoms with E-state index in [1.54, 1.807) is 12.1 Å². The second-order valence-electron chi connectivity index (χ2n) is 5.77. The molecule has 1 aliphatic rings. The van der Waals surface area contributed by atoms with Crippen molar-refractivity contribution >= 4 is 28.8 Å². The third-order valence-electron chi connectivity index (χ3n) is 4.25. The van der Waals surface area contributed by atoms with Crippen LogP contribution in [0.25, 0.3) is 5.65 Å². The third kappa shape index (κ3) is 3.09. The molecular formula is C16H15ClF2N6. The van der Waals surface area contributed by atoms with Crippen LogP contribution < -0.4 is 9.80 Å². The van der Waals surface area contributed by atoms with E-state index in [0.29, 0.717) is 16.5 Å². The van der Waals surface area contributed by atoms with Gasteiger partial charge in [-0.25, -0.2) is 8.78 Å². The van der Waals surface area contributed by atoms with Gasteiger partial charge in [-0.05, 0) is 30.3 Å². The molecule has 25 heavy (non-hydrogen) atoms. The van der Waals surface area contributed by atoms with Crippen LogP contribution in [-0.4, -0.2) is 46.0 Å². The van der Waals surface area contributed by atoms with Gasteiger partial charge in [0.1, 0.15) is 5.82 Å². The first-order chi connectivity index (χ1) is 12.1. The minimum atomic E-state index is -2.71. The van der Waals surface area contributed by atoms with Crippen LogP contribution >= 0.6 is 11.6 Å². The second kappa shape index (κ2) is 6.44. The van der Waals surface area contributed by atoms with E-state index in [2.05, 4.69) is 25.1 Å². The fourth-order valence-electron chi connectivity index (χ4n) is 2.97. The SMILES string of the molecule is FC(F)c1nnc2ccc(N3CCN(c4cccc(Cl)c4)CC3)nn12. The molecule has 0 saturated carbocycles.